The van der Waals surface area contributed by atoms with Crippen molar-refractivity contribution < 1.29 is 14.5 Å². The van der Waals surface area contributed by atoms with Crippen LogP contribution in [0.25, 0.3) is 17.1 Å². The summed E-state index contributed by atoms with van der Waals surface area (Å²) in [5.74, 6) is 0.764. The maximum atomic E-state index is 12.8. The third-order valence-electron chi connectivity index (χ3n) is 5.44. The van der Waals surface area contributed by atoms with E-state index in [1.54, 1.807) is 25.4 Å². The van der Waals surface area contributed by atoms with Gasteiger partial charge in [-0.3, -0.25) is 24.5 Å². The number of nitrogens with one attached hydrogen (secondary N) is 1. The summed E-state index contributed by atoms with van der Waals surface area (Å²) < 4.78 is 7.26. The predicted molar refractivity (Wildman–Crippen MR) is 142 cm³/mol. The van der Waals surface area contributed by atoms with Crippen LogP contribution in [0.3, 0.4) is 0 Å². The molecule has 0 atom stereocenters. The Morgan fingerprint density at radius 3 is 2.68 bits per heavy atom. The third kappa shape index (κ3) is 5.95. The number of carbonyl (C=O) groups excluding carboxylic acids is 1. The quantitative estimate of drug-likeness (QED) is 0.166. The largest absolute Gasteiger partial charge is 0.494 e. The van der Waals surface area contributed by atoms with Crippen molar-refractivity contribution in [1.82, 2.24) is 19.7 Å². The Labute approximate surface area is 218 Å². The molecule has 0 unspecified atom stereocenters. The first kappa shape index (κ1) is 25.8. The summed E-state index contributed by atoms with van der Waals surface area (Å²) in [6.07, 6.45) is 3.40. The number of rotatable bonds is 10. The van der Waals surface area contributed by atoms with Crippen LogP contribution in [0, 0.1) is 10.1 Å². The Morgan fingerprint density at radius 1 is 1.16 bits per heavy atom. The van der Waals surface area contributed by atoms with Gasteiger partial charge in [-0.15, -0.1) is 10.2 Å². The van der Waals surface area contributed by atoms with Gasteiger partial charge in [0.25, 0.3) is 5.69 Å². The summed E-state index contributed by atoms with van der Waals surface area (Å²) in [7, 11) is 0. The first-order valence-corrected chi connectivity index (χ1v) is 12.7. The number of hydrogen-bond donors (Lipinski definition) is 1. The topological polar surface area (TPSA) is 125 Å². The molecule has 0 aliphatic rings. The van der Waals surface area contributed by atoms with Crippen LogP contribution in [0.2, 0.25) is 0 Å². The molecule has 4 rings (SSSR count). The van der Waals surface area contributed by atoms with E-state index < -0.39 is 10.8 Å². The molecule has 0 fully saturated rings. The molecular formula is C26H26N6O4S. The van der Waals surface area contributed by atoms with E-state index >= 15 is 0 Å². The highest BCUT2D eigenvalue weighted by Gasteiger charge is 2.22. The maximum absolute atomic E-state index is 12.8. The lowest BCUT2D eigenvalue weighted by Crippen LogP contribution is -2.16. The van der Waals surface area contributed by atoms with Gasteiger partial charge in [-0.25, -0.2) is 0 Å². The highest BCUT2D eigenvalue weighted by atomic mass is 32.2. The van der Waals surface area contributed by atoms with Crippen molar-refractivity contribution in [2.45, 2.75) is 31.8 Å². The van der Waals surface area contributed by atoms with E-state index in [-0.39, 0.29) is 23.0 Å². The van der Waals surface area contributed by atoms with E-state index in [1.807, 2.05) is 34.9 Å². The van der Waals surface area contributed by atoms with E-state index in [0.717, 1.165) is 16.8 Å². The lowest BCUT2D eigenvalue weighted by Gasteiger charge is -2.16. The van der Waals surface area contributed by atoms with Crippen LogP contribution in [0.4, 0.5) is 11.4 Å². The summed E-state index contributed by atoms with van der Waals surface area (Å²) in [6, 6.07) is 16.0. The highest BCUT2D eigenvalue weighted by molar-refractivity contribution is 7.99. The van der Waals surface area contributed by atoms with E-state index in [4.69, 9.17) is 4.74 Å². The highest BCUT2D eigenvalue weighted by Crippen LogP contribution is 2.33. The van der Waals surface area contributed by atoms with E-state index in [9.17, 15) is 14.9 Å². The molecule has 0 radical (unpaired) electrons. The van der Waals surface area contributed by atoms with Crippen molar-refractivity contribution in [2.24, 2.45) is 0 Å². The number of pyridine rings is 1. The van der Waals surface area contributed by atoms with Crippen LogP contribution in [-0.2, 0) is 4.79 Å². The normalized spacial score (nSPS) is 10.9. The van der Waals surface area contributed by atoms with Gasteiger partial charge >= 0.3 is 0 Å². The molecule has 10 nitrogen and oxygen atoms in total. The number of nitro benzene ring substituents is 1. The Balaban J connectivity index is 1.62. The number of benzene rings is 2. The predicted octanol–water partition coefficient (Wildman–Crippen LogP) is 5.49. The molecule has 2 aromatic carbocycles. The lowest BCUT2D eigenvalue weighted by atomic mass is 10.0. The second-order valence-electron chi connectivity index (χ2n) is 8.30. The van der Waals surface area contributed by atoms with Crippen molar-refractivity contribution in [1.29, 1.82) is 0 Å². The number of ether oxygens (including phenoxy) is 1. The molecule has 4 aromatic rings. The number of amides is 1. The molecule has 1 N–H and O–H groups in total. The van der Waals surface area contributed by atoms with Gasteiger partial charge in [-0.1, -0.05) is 43.8 Å². The number of carbonyl (C=O) groups is 1. The number of hydrogen-bond acceptors (Lipinski definition) is 8. The summed E-state index contributed by atoms with van der Waals surface area (Å²) in [4.78, 5) is 28.0. The maximum Gasteiger partial charge on any atom is 0.296 e. The third-order valence-corrected chi connectivity index (χ3v) is 6.37. The molecule has 11 heteroatoms. The number of anilines is 1. The van der Waals surface area contributed by atoms with Crippen molar-refractivity contribution in [3.05, 3.63) is 82.7 Å². The Bertz CT molecular complexity index is 1410. The average molecular weight is 519 g/mol. The van der Waals surface area contributed by atoms with E-state index in [1.165, 1.54) is 23.9 Å². The number of nitro groups is 1. The fourth-order valence-electron chi connectivity index (χ4n) is 3.78. The van der Waals surface area contributed by atoms with Gasteiger partial charge in [0.1, 0.15) is 11.4 Å². The summed E-state index contributed by atoms with van der Waals surface area (Å²) in [6.45, 7) is 6.38. The van der Waals surface area contributed by atoms with Crippen LogP contribution in [0.1, 0.15) is 32.3 Å². The zero-order valence-electron chi connectivity index (χ0n) is 20.6. The SMILES string of the molecule is CCOc1ccc(NC(=O)CSc2nnc(-c3cccnc3)n2-c2ccccc2C(C)C)c([N+](=O)[O-])c1. The van der Waals surface area contributed by atoms with Crippen LogP contribution < -0.4 is 10.1 Å². The molecule has 37 heavy (non-hydrogen) atoms. The lowest BCUT2D eigenvalue weighted by molar-refractivity contribution is -0.384. The molecule has 0 saturated carbocycles. The molecule has 0 aliphatic carbocycles. The Hall–Kier alpha value is -4.25. The monoisotopic (exact) mass is 518 g/mol. The zero-order valence-corrected chi connectivity index (χ0v) is 21.4. The molecule has 0 spiro atoms. The Morgan fingerprint density at radius 2 is 1.97 bits per heavy atom. The molecule has 0 saturated heterocycles. The fraction of sp³-hybridized carbons (Fsp3) is 0.231. The molecule has 0 aliphatic heterocycles. The van der Waals surface area contributed by atoms with Gasteiger partial charge in [0.15, 0.2) is 11.0 Å². The minimum Gasteiger partial charge on any atom is -0.494 e. The molecule has 0 bridgehead atoms. The van der Waals surface area contributed by atoms with Gasteiger partial charge in [-0.2, -0.15) is 0 Å². The molecule has 2 aromatic heterocycles. The van der Waals surface area contributed by atoms with E-state index in [2.05, 4.69) is 40.4 Å². The van der Waals surface area contributed by atoms with Gasteiger partial charge in [0.2, 0.25) is 5.91 Å². The van der Waals surface area contributed by atoms with Gasteiger partial charge in [-0.05, 0) is 48.7 Å². The summed E-state index contributed by atoms with van der Waals surface area (Å²) in [5.41, 5.74) is 2.66. The molecular weight excluding hydrogens is 492 g/mol. The standard InChI is InChI=1S/C26H26N6O4S/c1-4-36-19-11-12-21(23(14-19)32(34)35)28-24(33)16-37-26-30-29-25(18-8-7-13-27-15-18)31(26)22-10-6-5-9-20(22)17(2)3/h5-15,17H,4,16H2,1-3H3,(H,28,33). The van der Waals surface area contributed by atoms with Gasteiger partial charge in [0.05, 0.1) is 29.0 Å². The minimum absolute atomic E-state index is 0.0284. The smallest absolute Gasteiger partial charge is 0.296 e. The molecule has 2 heterocycles. The number of para-hydroxylation sites is 1. The molecule has 1 amide bonds. The fourth-order valence-corrected chi connectivity index (χ4v) is 4.53. The van der Waals surface area contributed by atoms with Crippen molar-refractivity contribution in [3.8, 4) is 22.8 Å². The number of aromatic nitrogens is 4. The van der Waals surface area contributed by atoms with Crippen LogP contribution in [0.15, 0.2) is 72.1 Å². The van der Waals surface area contributed by atoms with Crippen LogP contribution >= 0.6 is 11.8 Å². The second-order valence-corrected chi connectivity index (χ2v) is 9.25. The summed E-state index contributed by atoms with van der Waals surface area (Å²) >= 11 is 1.19. The minimum atomic E-state index is -0.551. The van der Waals surface area contributed by atoms with Crippen LogP contribution in [0.5, 0.6) is 5.75 Å². The summed E-state index contributed by atoms with van der Waals surface area (Å²) in [5, 5.41) is 23.5. The van der Waals surface area contributed by atoms with Crippen molar-refractivity contribution in [3.63, 3.8) is 0 Å². The molecule has 190 valence electrons. The first-order chi connectivity index (χ1) is 17.9. The zero-order chi connectivity index (χ0) is 26.4. The second kappa shape index (κ2) is 11.7. The van der Waals surface area contributed by atoms with Gasteiger partial charge < -0.3 is 10.1 Å². The van der Waals surface area contributed by atoms with Gasteiger partial charge in [0, 0.05) is 18.0 Å². The van der Waals surface area contributed by atoms with Crippen molar-refractivity contribution in [2.75, 3.05) is 17.7 Å². The number of thioether (sulfide) groups is 1. The van der Waals surface area contributed by atoms with Crippen LogP contribution in [-0.4, -0.2) is 42.9 Å². The average Bonchev–Trinajstić information content (AvgIpc) is 3.32. The Kier molecular flexibility index (Phi) is 8.14. The first-order valence-electron chi connectivity index (χ1n) is 11.7. The van der Waals surface area contributed by atoms with Crippen molar-refractivity contribution >= 4 is 29.0 Å². The van der Waals surface area contributed by atoms with E-state index in [0.29, 0.717) is 23.3 Å². The number of nitrogens with zero attached hydrogens (tertiary/aromatic N) is 5.